The van der Waals surface area contributed by atoms with E-state index in [1.807, 2.05) is 32.0 Å². The highest BCUT2D eigenvalue weighted by atomic mass is 16.6. The molecule has 0 radical (unpaired) electrons. The van der Waals surface area contributed by atoms with Gasteiger partial charge in [-0.2, -0.15) is 0 Å². The van der Waals surface area contributed by atoms with E-state index in [9.17, 15) is 4.79 Å². The van der Waals surface area contributed by atoms with Crippen LogP contribution < -0.4 is 20.1 Å². The van der Waals surface area contributed by atoms with Gasteiger partial charge in [-0.05, 0) is 43.2 Å². The van der Waals surface area contributed by atoms with Gasteiger partial charge in [0.25, 0.3) is 5.91 Å². The van der Waals surface area contributed by atoms with Crippen molar-refractivity contribution < 1.29 is 14.3 Å². The van der Waals surface area contributed by atoms with Crippen molar-refractivity contribution in [3.8, 4) is 11.5 Å². The summed E-state index contributed by atoms with van der Waals surface area (Å²) in [6.07, 6.45) is 2.99. The highest BCUT2D eigenvalue weighted by Gasteiger charge is 2.14. The average molecular weight is 376 g/mol. The highest BCUT2D eigenvalue weighted by molar-refractivity contribution is 6.04. The first-order chi connectivity index (χ1) is 13.6. The van der Waals surface area contributed by atoms with Gasteiger partial charge in [0, 0.05) is 29.8 Å². The summed E-state index contributed by atoms with van der Waals surface area (Å²) in [4.78, 5) is 21.0. The molecule has 0 unspecified atom stereocenters. The molecular formula is C21H20N4O3. The summed E-state index contributed by atoms with van der Waals surface area (Å²) in [5, 5.41) is 6.00. The van der Waals surface area contributed by atoms with Crippen LogP contribution in [0.15, 0.2) is 48.8 Å². The fourth-order valence-electron chi connectivity index (χ4n) is 2.83. The molecule has 1 aliphatic heterocycles. The Labute approximate surface area is 162 Å². The van der Waals surface area contributed by atoms with Crippen LogP contribution in [0.5, 0.6) is 11.5 Å². The lowest BCUT2D eigenvalue weighted by Gasteiger charge is -2.19. The largest absolute Gasteiger partial charge is 0.486 e. The molecule has 28 heavy (non-hydrogen) atoms. The third-order valence-electron chi connectivity index (χ3n) is 4.35. The number of carbonyl (C=O) groups is 1. The number of carbonyl (C=O) groups excluding carboxylic acids is 1. The number of hydrogen-bond donors (Lipinski definition) is 2. The van der Waals surface area contributed by atoms with Crippen LogP contribution in [-0.4, -0.2) is 29.1 Å². The van der Waals surface area contributed by atoms with Gasteiger partial charge in [-0.3, -0.25) is 4.79 Å². The van der Waals surface area contributed by atoms with Crippen molar-refractivity contribution in [1.82, 2.24) is 9.97 Å². The fraction of sp³-hybridized carbons (Fsp3) is 0.190. The van der Waals surface area contributed by atoms with Gasteiger partial charge in [-0.1, -0.05) is 12.1 Å². The van der Waals surface area contributed by atoms with Crippen molar-refractivity contribution in [2.75, 3.05) is 23.8 Å². The molecule has 0 bridgehead atoms. The Morgan fingerprint density at radius 1 is 0.964 bits per heavy atom. The molecule has 4 rings (SSSR count). The van der Waals surface area contributed by atoms with E-state index in [-0.39, 0.29) is 5.91 Å². The van der Waals surface area contributed by atoms with Gasteiger partial charge in [-0.15, -0.1) is 0 Å². The van der Waals surface area contributed by atoms with Crippen LogP contribution >= 0.6 is 0 Å². The lowest BCUT2D eigenvalue weighted by molar-refractivity contribution is 0.102. The first-order valence-corrected chi connectivity index (χ1v) is 8.96. The van der Waals surface area contributed by atoms with Crippen LogP contribution in [0.2, 0.25) is 0 Å². The fourth-order valence-corrected chi connectivity index (χ4v) is 2.83. The van der Waals surface area contributed by atoms with E-state index in [2.05, 4.69) is 20.6 Å². The summed E-state index contributed by atoms with van der Waals surface area (Å²) in [5.74, 6) is 1.43. The molecule has 2 heterocycles. The van der Waals surface area contributed by atoms with Crippen molar-refractivity contribution in [1.29, 1.82) is 0 Å². The van der Waals surface area contributed by atoms with Crippen molar-refractivity contribution in [2.45, 2.75) is 13.8 Å². The molecule has 1 aliphatic rings. The Balaban J connectivity index is 1.45. The van der Waals surface area contributed by atoms with Crippen molar-refractivity contribution in [3.63, 3.8) is 0 Å². The number of nitrogens with one attached hydrogen (secondary N) is 2. The smallest absolute Gasteiger partial charge is 0.258 e. The van der Waals surface area contributed by atoms with Gasteiger partial charge in [0.1, 0.15) is 13.2 Å². The van der Waals surface area contributed by atoms with Crippen LogP contribution in [0.1, 0.15) is 21.5 Å². The molecule has 7 nitrogen and oxygen atoms in total. The number of aryl methyl sites for hydroxylation is 2. The Morgan fingerprint density at radius 2 is 1.71 bits per heavy atom. The number of nitrogens with zero attached hydrogens (tertiary/aromatic N) is 2. The molecule has 1 amide bonds. The van der Waals surface area contributed by atoms with Gasteiger partial charge < -0.3 is 20.1 Å². The van der Waals surface area contributed by atoms with Crippen LogP contribution in [0.4, 0.5) is 17.3 Å². The number of anilines is 3. The topological polar surface area (TPSA) is 85.4 Å². The van der Waals surface area contributed by atoms with E-state index in [1.165, 1.54) is 12.4 Å². The number of rotatable bonds is 4. The highest BCUT2D eigenvalue weighted by Crippen LogP contribution is 2.32. The first-order valence-electron chi connectivity index (χ1n) is 8.96. The zero-order valence-electron chi connectivity index (χ0n) is 15.7. The van der Waals surface area contributed by atoms with E-state index < -0.39 is 0 Å². The van der Waals surface area contributed by atoms with Crippen LogP contribution in [0, 0.1) is 13.8 Å². The second-order valence-corrected chi connectivity index (χ2v) is 6.55. The summed E-state index contributed by atoms with van der Waals surface area (Å²) >= 11 is 0. The standard InChI is InChI=1S/C21H20N4O3/c1-13-3-4-14(2)17(9-13)25-21-22-11-15(12-23-21)20(26)24-16-5-6-18-19(10-16)28-8-7-27-18/h3-6,9-12H,7-8H2,1-2H3,(H,24,26)(H,22,23,25). The molecule has 2 N–H and O–H groups in total. The molecule has 0 saturated heterocycles. The maximum Gasteiger partial charge on any atom is 0.258 e. The van der Waals surface area contributed by atoms with E-state index in [1.54, 1.807) is 18.2 Å². The number of ether oxygens (including phenoxy) is 2. The molecule has 0 spiro atoms. The SMILES string of the molecule is Cc1ccc(C)c(Nc2ncc(C(=O)Nc3ccc4c(c3)OCCO4)cn2)c1. The lowest BCUT2D eigenvalue weighted by Crippen LogP contribution is -2.16. The number of benzene rings is 2. The van der Waals surface area contributed by atoms with Crippen molar-refractivity contribution in [3.05, 3.63) is 65.5 Å². The van der Waals surface area contributed by atoms with Gasteiger partial charge in [-0.25, -0.2) is 9.97 Å². The molecule has 142 valence electrons. The zero-order valence-corrected chi connectivity index (χ0v) is 15.7. The van der Waals surface area contributed by atoms with Gasteiger partial charge in [0.2, 0.25) is 5.95 Å². The molecule has 2 aromatic carbocycles. The summed E-state index contributed by atoms with van der Waals surface area (Å²) < 4.78 is 11.0. The number of fused-ring (bicyclic) bond motifs is 1. The Bertz CT molecular complexity index is 1020. The maximum atomic E-state index is 12.5. The van der Waals surface area contributed by atoms with Gasteiger partial charge >= 0.3 is 0 Å². The summed E-state index contributed by atoms with van der Waals surface area (Å²) in [6.45, 7) is 5.05. The van der Waals surface area contributed by atoms with Gasteiger partial charge in [0.15, 0.2) is 11.5 Å². The van der Waals surface area contributed by atoms with Crippen LogP contribution in [-0.2, 0) is 0 Å². The Morgan fingerprint density at radius 3 is 2.50 bits per heavy atom. The summed E-state index contributed by atoms with van der Waals surface area (Å²) in [6, 6.07) is 11.4. The van der Waals surface area contributed by atoms with Crippen molar-refractivity contribution in [2.24, 2.45) is 0 Å². The first kappa shape index (κ1) is 17.8. The summed E-state index contributed by atoms with van der Waals surface area (Å²) in [5.41, 5.74) is 4.15. The predicted molar refractivity (Wildman–Crippen MR) is 107 cm³/mol. The zero-order chi connectivity index (χ0) is 19.5. The second kappa shape index (κ2) is 7.56. The van der Waals surface area contributed by atoms with Gasteiger partial charge in [0.05, 0.1) is 5.56 Å². The molecular weight excluding hydrogens is 356 g/mol. The molecule has 3 aromatic rings. The number of aromatic nitrogens is 2. The van der Waals surface area contributed by atoms with E-state index in [4.69, 9.17) is 9.47 Å². The average Bonchev–Trinajstić information content (AvgIpc) is 2.71. The van der Waals surface area contributed by atoms with E-state index in [0.717, 1.165) is 16.8 Å². The summed E-state index contributed by atoms with van der Waals surface area (Å²) in [7, 11) is 0. The molecule has 7 heteroatoms. The second-order valence-electron chi connectivity index (χ2n) is 6.55. The van der Waals surface area contributed by atoms with Crippen LogP contribution in [0.25, 0.3) is 0 Å². The quantitative estimate of drug-likeness (QED) is 0.719. The van der Waals surface area contributed by atoms with Crippen LogP contribution in [0.3, 0.4) is 0 Å². The third kappa shape index (κ3) is 3.88. The monoisotopic (exact) mass is 376 g/mol. The minimum Gasteiger partial charge on any atom is -0.486 e. The maximum absolute atomic E-state index is 12.5. The minimum atomic E-state index is -0.296. The minimum absolute atomic E-state index is 0.296. The molecule has 0 fully saturated rings. The van der Waals surface area contributed by atoms with Crippen molar-refractivity contribution >= 4 is 23.2 Å². The number of amides is 1. The lowest BCUT2D eigenvalue weighted by atomic mass is 10.1. The molecule has 1 aromatic heterocycles. The number of hydrogen-bond acceptors (Lipinski definition) is 6. The normalized spacial score (nSPS) is 12.4. The molecule has 0 saturated carbocycles. The Hall–Kier alpha value is -3.61. The van der Waals surface area contributed by atoms with E-state index in [0.29, 0.717) is 41.9 Å². The third-order valence-corrected chi connectivity index (χ3v) is 4.35. The predicted octanol–water partition coefficient (Wildman–Crippen LogP) is 3.86. The molecule has 0 atom stereocenters. The Kier molecular flexibility index (Phi) is 4.80. The molecule has 0 aliphatic carbocycles. The van der Waals surface area contributed by atoms with E-state index >= 15 is 0 Å².